The highest BCUT2D eigenvalue weighted by Gasteiger charge is 2.19. The highest BCUT2D eigenvalue weighted by atomic mass is 35.5. The fourth-order valence-corrected chi connectivity index (χ4v) is 2.73. The first-order chi connectivity index (χ1) is 9.78. The number of ether oxygens (including phenoxy) is 1. The van der Waals surface area contributed by atoms with Crippen molar-refractivity contribution in [1.82, 2.24) is 9.97 Å². The van der Waals surface area contributed by atoms with E-state index in [4.69, 9.17) is 16.3 Å². The molecule has 0 atom stereocenters. The van der Waals surface area contributed by atoms with Gasteiger partial charge in [0.25, 0.3) is 0 Å². The molecule has 0 aliphatic carbocycles. The molecule has 104 valence electrons. The van der Waals surface area contributed by atoms with Crippen molar-refractivity contribution in [2.75, 3.05) is 18.1 Å². The molecule has 5 heteroatoms. The van der Waals surface area contributed by atoms with Gasteiger partial charge in [-0.2, -0.15) is 0 Å². The lowest BCUT2D eigenvalue weighted by Gasteiger charge is -2.30. The molecular formula is C15H16ClN3O. The molecule has 0 N–H and O–H groups in total. The van der Waals surface area contributed by atoms with Crippen LogP contribution >= 0.6 is 11.6 Å². The monoisotopic (exact) mass is 289 g/mol. The largest absolute Gasteiger partial charge is 0.494 e. The summed E-state index contributed by atoms with van der Waals surface area (Å²) in [7, 11) is 0. The molecule has 0 spiro atoms. The summed E-state index contributed by atoms with van der Waals surface area (Å²) in [6, 6.07) is 6.30. The fourth-order valence-electron chi connectivity index (χ4n) is 2.51. The Labute approximate surface area is 123 Å². The maximum Gasteiger partial charge on any atom is 0.151 e. The maximum atomic E-state index is 6.17. The van der Waals surface area contributed by atoms with Crippen molar-refractivity contribution in [3.8, 4) is 5.75 Å². The summed E-state index contributed by atoms with van der Waals surface area (Å²) < 4.78 is 5.57. The molecule has 20 heavy (non-hydrogen) atoms. The van der Waals surface area contributed by atoms with Gasteiger partial charge in [-0.25, -0.2) is 9.97 Å². The van der Waals surface area contributed by atoms with Crippen LogP contribution in [0.4, 0.5) is 5.82 Å². The Morgan fingerprint density at radius 2 is 2.25 bits per heavy atom. The molecule has 1 aromatic heterocycles. The highest BCUT2D eigenvalue weighted by molar-refractivity contribution is 6.32. The van der Waals surface area contributed by atoms with Crippen LogP contribution in [0.5, 0.6) is 5.75 Å². The minimum Gasteiger partial charge on any atom is -0.494 e. The molecule has 1 aromatic carbocycles. The van der Waals surface area contributed by atoms with E-state index in [1.54, 1.807) is 6.20 Å². The van der Waals surface area contributed by atoms with E-state index in [0.29, 0.717) is 11.6 Å². The molecule has 2 heterocycles. The zero-order valence-corrected chi connectivity index (χ0v) is 12.1. The number of benzene rings is 1. The highest BCUT2D eigenvalue weighted by Crippen LogP contribution is 2.29. The van der Waals surface area contributed by atoms with E-state index in [1.165, 1.54) is 17.5 Å². The number of hydrogen-bond acceptors (Lipinski definition) is 4. The normalized spacial score (nSPS) is 14.0. The minimum atomic E-state index is 0.594. The minimum absolute atomic E-state index is 0.594. The summed E-state index contributed by atoms with van der Waals surface area (Å²) in [6.45, 7) is 4.39. The number of hydrogen-bond donors (Lipinski definition) is 0. The van der Waals surface area contributed by atoms with Gasteiger partial charge < -0.3 is 9.64 Å². The average molecular weight is 290 g/mol. The molecule has 0 radical (unpaired) electrons. The average Bonchev–Trinajstić information content (AvgIpc) is 2.47. The van der Waals surface area contributed by atoms with Gasteiger partial charge in [0.2, 0.25) is 0 Å². The van der Waals surface area contributed by atoms with Crippen LogP contribution in [0.2, 0.25) is 5.02 Å². The third kappa shape index (κ3) is 2.56. The number of nitrogens with zero attached hydrogens (tertiary/aromatic N) is 3. The number of halogens is 1. The van der Waals surface area contributed by atoms with Crippen LogP contribution in [-0.2, 0) is 13.0 Å². The summed E-state index contributed by atoms with van der Waals surface area (Å²) in [6.07, 6.45) is 4.16. The van der Waals surface area contributed by atoms with Gasteiger partial charge in [0.05, 0.1) is 12.8 Å². The lowest BCUT2D eigenvalue weighted by molar-refractivity contribution is 0.339. The molecule has 4 nitrogen and oxygen atoms in total. The quantitative estimate of drug-likeness (QED) is 0.870. The Hall–Kier alpha value is -1.81. The summed E-state index contributed by atoms with van der Waals surface area (Å²) in [5.74, 6) is 1.72. The maximum absolute atomic E-state index is 6.17. The van der Waals surface area contributed by atoms with Crippen LogP contribution in [0, 0.1) is 0 Å². The second-order valence-electron chi connectivity index (χ2n) is 4.73. The number of anilines is 1. The van der Waals surface area contributed by atoms with E-state index in [2.05, 4.69) is 27.0 Å². The van der Waals surface area contributed by atoms with Crippen LogP contribution in [0.25, 0.3) is 0 Å². The van der Waals surface area contributed by atoms with E-state index < -0.39 is 0 Å². The topological polar surface area (TPSA) is 38.2 Å². The molecule has 0 saturated carbocycles. The molecule has 0 saturated heterocycles. The van der Waals surface area contributed by atoms with Crippen molar-refractivity contribution in [1.29, 1.82) is 0 Å². The zero-order valence-electron chi connectivity index (χ0n) is 11.3. The second kappa shape index (κ2) is 5.67. The lowest BCUT2D eigenvalue weighted by Crippen LogP contribution is -2.31. The third-order valence-electron chi connectivity index (χ3n) is 3.45. The van der Waals surface area contributed by atoms with Crippen molar-refractivity contribution in [3.63, 3.8) is 0 Å². The summed E-state index contributed by atoms with van der Waals surface area (Å²) >= 11 is 6.17. The van der Waals surface area contributed by atoms with E-state index in [9.17, 15) is 0 Å². The first kappa shape index (κ1) is 13.2. The van der Waals surface area contributed by atoms with Gasteiger partial charge in [-0.15, -0.1) is 0 Å². The predicted molar refractivity (Wildman–Crippen MR) is 79.4 cm³/mol. The lowest BCUT2D eigenvalue weighted by atomic mass is 9.99. The Morgan fingerprint density at radius 1 is 1.35 bits per heavy atom. The second-order valence-corrected chi connectivity index (χ2v) is 5.14. The van der Waals surface area contributed by atoms with Crippen molar-refractivity contribution in [2.45, 2.75) is 19.9 Å². The molecule has 0 unspecified atom stereocenters. The number of fused-ring (bicyclic) bond motifs is 1. The van der Waals surface area contributed by atoms with Crippen molar-refractivity contribution in [3.05, 3.63) is 46.9 Å². The molecule has 1 aliphatic rings. The van der Waals surface area contributed by atoms with Gasteiger partial charge in [-0.3, -0.25) is 0 Å². The smallest absolute Gasteiger partial charge is 0.151 e. The summed E-state index contributed by atoms with van der Waals surface area (Å²) in [4.78, 5) is 10.4. The molecule has 0 fully saturated rings. The molecule has 0 amide bonds. The molecule has 3 rings (SSSR count). The van der Waals surface area contributed by atoms with Crippen molar-refractivity contribution in [2.24, 2.45) is 0 Å². The van der Waals surface area contributed by atoms with Crippen molar-refractivity contribution < 1.29 is 4.74 Å². The Balaban J connectivity index is 1.87. The van der Waals surface area contributed by atoms with Crippen LogP contribution < -0.4 is 9.64 Å². The van der Waals surface area contributed by atoms with E-state index in [0.717, 1.165) is 31.1 Å². The zero-order chi connectivity index (χ0) is 13.9. The summed E-state index contributed by atoms with van der Waals surface area (Å²) in [5.41, 5.74) is 2.65. The fraction of sp³-hybridized carbons (Fsp3) is 0.333. The van der Waals surface area contributed by atoms with Gasteiger partial charge in [-0.1, -0.05) is 17.7 Å². The Morgan fingerprint density at radius 3 is 3.05 bits per heavy atom. The van der Waals surface area contributed by atoms with Gasteiger partial charge in [-0.05, 0) is 36.6 Å². The van der Waals surface area contributed by atoms with Gasteiger partial charge in [0.1, 0.15) is 17.1 Å². The first-order valence-electron chi connectivity index (χ1n) is 6.73. The van der Waals surface area contributed by atoms with E-state index in [1.807, 2.05) is 13.0 Å². The van der Waals surface area contributed by atoms with E-state index in [-0.39, 0.29) is 0 Å². The predicted octanol–water partition coefficient (Wildman–Crippen LogP) is 3.09. The molecule has 1 aliphatic heterocycles. The van der Waals surface area contributed by atoms with Crippen LogP contribution in [0.15, 0.2) is 30.7 Å². The van der Waals surface area contributed by atoms with Gasteiger partial charge >= 0.3 is 0 Å². The van der Waals surface area contributed by atoms with Gasteiger partial charge in [0, 0.05) is 13.1 Å². The number of aromatic nitrogens is 2. The van der Waals surface area contributed by atoms with Crippen LogP contribution in [0.1, 0.15) is 18.1 Å². The summed E-state index contributed by atoms with van der Waals surface area (Å²) in [5, 5.41) is 0.594. The first-order valence-corrected chi connectivity index (χ1v) is 7.10. The van der Waals surface area contributed by atoms with Crippen molar-refractivity contribution >= 4 is 17.4 Å². The van der Waals surface area contributed by atoms with Crippen LogP contribution in [0.3, 0.4) is 0 Å². The molecule has 2 aromatic rings. The number of rotatable bonds is 3. The third-order valence-corrected chi connectivity index (χ3v) is 3.72. The standard InChI is InChI=1S/C15H16ClN3O/c1-2-20-13-4-3-11-5-6-19(9-12(11)7-13)15-14(16)8-17-10-18-15/h3-4,7-8,10H,2,5-6,9H2,1H3. The SMILES string of the molecule is CCOc1ccc2c(c1)CN(c1ncncc1Cl)CC2. The molecular weight excluding hydrogens is 274 g/mol. The van der Waals surface area contributed by atoms with E-state index >= 15 is 0 Å². The Bertz CT molecular complexity index is 618. The van der Waals surface area contributed by atoms with Crippen LogP contribution in [-0.4, -0.2) is 23.1 Å². The molecule has 0 bridgehead atoms. The van der Waals surface area contributed by atoms with Gasteiger partial charge in [0.15, 0.2) is 5.82 Å². The Kier molecular flexibility index (Phi) is 3.74.